The summed E-state index contributed by atoms with van der Waals surface area (Å²) in [6.45, 7) is 0.213. The number of aromatic carboxylic acids is 1. The van der Waals surface area contributed by atoms with Crippen molar-refractivity contribution in [3.05, 3.63) is 131 Å². The molecule has 0 amide bonds. The lowest BCUT2D eigenvalue weighted by Crippen LogP contribution is -2.08. The SMILES string of the molecule is O=C(O)c1cc(F)ccc1NCc1cccc(-c2c(Cc3ccccc3)cnc3c(C(F)(F)F)cccc23)c1. The average molecular weight is 531 g/mol. The van der Waals surface area contributed by atoms with Crippen molar-refractivity contribution in [2.75, 3.05) is 5.32 Å². The molecule has 0 aliphatic heterocycles. The molecule has 0 unspecified atom stereocenters. The number of carboxylic acid groups (broad SMARTS) is 1. The Morgan fingerprint density at radius 3 is 2.36 bits per heavy atom. The van der Waals surface area contributed by atoms with Crippen molar-refractivity contribution in [3.63, 3.8) is 0 Å². The van der Waals surface area contributed by atoms with Crippen LogP contribution < -0.4 is 5.32 Å². The molecule has 4 aromatic carbocycles. The molecule has 8 heteroatoms. The van der Waals surface area contributed by atoms with Crippen LogP contribution in [0.4, 0.5) is 23.2 Å². The first kappa shape index (κ1) is 25.9. The number of fused-ring (bicyclic) bond motifs is 1. The van der Waals surface area contributed by atoms with Gasteiger partial charge in [-0.2, -0.15) is 13.2 Å². The van der Waals surface area contributed by atoms with Crippen LogP contribution in [0.1, 0.15) is 32.6 Å². The second-order valence-corrected chi connectivity index (χ2v) is 9.07. The molecule has 0 spiro atoms. The van der Waals surface area contributed by atoms with E-state index in [9.17, 15) is 27.5 Å². The summed E-state index contributed by atoms with van der Waals surface area (Å²) in [5.41, 5.74) is 2.98. The maximum atomic E-state index is 13.8. The highest BCUT2D eigenvalue weighted by molar-refractivity contribution is 5.98. The van der Waals surface area contributed by atoms with E-state index in [1.165, 1.54) is 24.4 Å². The highest BCUT2D eigenvalue weighted by Crippen LogP contribution is 2.39. The minimum Gasteiger partial charge on any atom is -0.478 e. The first-order valence-electron chi connectivity index (χ1n) is 12.1. The zero-order valence-electron chi connectivity index (χ0n) is 20.5. The molecule has 0 saturated heterocycles. The van der Waals surface area contributed by atoms with Crippen LogP contribution in [0, 0.1) is 5.82 Å². The van der Waals surface area contributed by atoms with Crippen LogP contribution in [0.2, 0.25) is 0 Å². The van der Waals surface area contributed by atoms with Crippen molar-refractivity contribution in [1.82, 2.24) is 4.98 Å². The van der Waals surface area contributed by atoms with Crippen LogP contribution in [0.3, 0.4) is 0 Å². The number of hydrogen-bond acceptors (Lipinski definition) is 3. The Balaban J connectivity index is 1.59. The van der Waals surface area contributed by atoms with Crippen molar-refractivity contribution < 1.29 is 27.5 Å². The number of alkyl halides is 3. The number of benzene rings is 4. The second kappa shape index (κ2) is 10.6. The Labute approximate surface area is 221 Å². The fourth-order valence-corrected chi connectivity index (χ4v) is 4.67. The third kappa shape index (κ3) is 5.60. The number of carboxylic acids is 1. The Morgan fingerprint density at radius 1 is 0.872 bits per heavy atom. The molecule has 0 saturated carbocycles. The summed E-state index contributed by atoms with van der Waals surface area (Å²) in [5, 5.41) is 12.8. The summed E-state index contributed by atoms with van der Waals surface area (Å²) >= 11 is 0. The van der Waals surface area contributed by atoms with Gasteiger partial charge in [0.25, 0.3) is 0 Å². The van der Waals surface area contributed by atoms with Gasteiger partial charge in [-0.05, 0) is 64.6 Å². The number of halogens is 4. The summed E-state index contributed by atoms with van der Waals surface area (Å²) in [6.07, 6.45) is -2.59. The maximum Gasteiger partial charge on any atom is 0.418 e. The summed E-state index contributed by atoms with van der Waals surface area (Å²) < 4.78 is 55.0. The zero-order valence-corrected chi connectivity index (χ0v) is 20.5. The summed E-state index contributed by atoms with van der Waals surface area (Å²) in [4.78, 5) is 15.8. The molecule has 0 radical (unpaired) electrons. The summed E-state index contributed by atoms with van der Waals surface area (Å²) in [5.74, 6) is -1.92. The molecule has 5 rings (SSSR count). The smallest absolute Gasteiger partial charge is 0.418 e. The number of hydrogen-bond donors (Lipinski definition) is 2. The molecule has 0 atom stereocenters. The van der Waals surface area contributed by atoms with Crippen LogP contribution in [0.15, 0.2) is 97.2 Å². The molecule has 4 nitrogen and oxygen atoms in total. The molecular weight excluding hydrogens is 508 g/mol. The quantitative estimate of drug-likeness (QED) is 0.210. The molecule has 5 aromatic rings. The molecule has 0 bridgehead atoms. The molecule has 0 aliphatic rings. The van der Waals surface area contributed by atoms with Gasteiger partial charge in [0, 0.05) is 23.8 Å². The third-order valence-corrected chi connectivity index (χ3v) is 6.43. The van der Waals surface area contributed by atoms with Gasteiger partial charge in [-0.25, -0.2) is 9.18 Å². The number of carbonyl (C=O) groups is 1. The van der Waals surface area contributed by atoms with E-state index in [1.54, 1.807) is 12.1 Å². The molecule has 2 N–H and O–H groups in total. The van der Waals surface area contributed by atoms with Gasteiger partial charge in [0.15, 0.2) is 0 Å². The van der Waals surface area contributed by atoms with Crippen molar-refractivity contribution in [1.29, 1.82) is 0 Å². The predicted octanol–water partition coefficient (Wildman–Crippen LogP) is 7.96. The predicted molar refractivity (Wildman–Crippen MR) is 142 cm³/mol. The Morgan fingerprint density at radius 2 is 1.62 bits per heavy atom. The van der Waals surface area contributed by atoms with Crippen LogP contribution in [0.25, 0.3) is 22.0 Å². The van der Waals surface area contributed by atoms with E-state index in [-0.39, 0.29) is 23.3 Å². The number of nitrogens with zero attached hydrogens (tertiary/aromatic N) is 1. The van der Waals surface area contributed by atoms with Crippen molar-refractivity contribution in [2.45, 2.75) is 19.1 Å². The normalized spacial score (nSPS) is 11.5. The molecule has 39 heavy (non-hydrogen) atoms. The molecule has 1 aromatic heterocycles. The van der Waals surface area contributed by atoms with Crippen LogP contribution in [-0.2, 0) is 19.1 Å². The Hall–Kier alpha value is -4.72. The van der Waals surface area contributed by atoms with Gasteiger partial charge < -0.3 is 10.4 Å². The Kier molecular flexibility index (Phi) is 7.02. The van der Waals surface area contributed by atoms with Crippen molar-refractivity contribution in [3.8, 4) is 11.1 Å². The van der Waals surface area contributed by atoms with E-state index < -0.39 is 23.5 Å². The van der Waals surface area contributed by atoms with Gasteiger partial charge in [-0.15, -0.1) is 0 Å². The first-order valence-corrected chi connectivity index (χ1v) is 12.1. The van der Waals surface area contributed by atoms with Gasteiger partial charge in [-0.1, -0.05) is 60.7 Å². The van der Waals surface area contributed by atoms with Gasteiger partial charge in [0.05, 0.1) is 16.6 Å². The molecular formula is C31H22F4N2O2. The average Bonchev–Trinajstić information content (AvgIpc) is 2.92. The molecule has 196 valence electrons. The lowest BCUT2D eigenvalue weighted by molar-refractivity contribution is -0.136. The van der Waals surface area contributed by atoms with Crippen molar-refractivity contribution in [2.24, 2.45) is 0 Å². The first-order chi connectivity index (χ1) is 18.7. The molecule has 1 heterocycles. The van der Waals surface area contributed by atoms with E-state index in [4.69, 9.17) is 0 Å². The Bertz CT molecular complexity index is 1670. The number of nitrogens with one attached hydrogen (secondary N) is 1. The highest BCUT2D eigenvalue weighted by Gasteiger charge is 2.33. The fraction of sp³-hybridized carbons (Fsp3) is 0.0968. The van der Waals surface area contributed by atoms with E-state index >= 15 is 0 Å². The lowest BCUT2D eigenvalue weighted by Gasteiger charge is -2.17. The van der Waals surface area contributed by atoms with Gasteiger partial charge >= 0.3 is 12.1 Å². The second-order valence-electron chi connectivity index (χ2n) is 9.07. The van der Waals surface area contributed by atoms with E-state index in [1.807, 2.05) is 48.5 Å². The maximum absolute atomic E-state index is 13.8. The van der Waals surface area contributed by atoms with Crippen LogP contribution in [0.5, 0.6) is 0 Å². The lowest BCUT2D eigenvalue weighted by atomic mass is 9.91. The van der Waals surface area contributed by atoms with Crippen LogP contribution >= 0.6 is 0 Å². The number of aromatic nitrogens is 1. The number of pyridine rings is 1. The van der Waals surface area contributed by atoms with Gasteiger partial charge in [0.1, 0.15) is 5.82 Å². The largest absolute Gasteiger partial charge is 0.478 e. The number of anilines is 1. The topological polar surface area (TPSA) is 62.2 Å². The monoisotopic (exact) mass is 530 g/mol. The summed E-state index contributed by atoms with van der Waals surface area (Å²) in [6, 6.07) is 24.4. The number of para-hydroxylation sites is 1. The van der Waals surface area contributed by atoms with E-state index in [2.05, 4.69) is 10.3 Å². The standard InChI is InChI=1S/C31H22F4N2O2/c32-23-12-13-27(25(16-23)30(38)39)36-17-20-8-4-9-21(15-20)28-22(14-19-6-2-1-3-7-19)18-37-29-24(28)10-5-11-26(29)31(33,34)35/h1-13,15-16,18,36H,14,17H2,(H,38,39). The number of rotatable bonds is 7. The third-order valence-electron chi connectivity index (χ3n) is 6.43. The molecule has 0 fully saturated rings. The highest BCUT2D eigenvalue weighted by atomic mass is 19.4. The molecule has 0 aliphatic carbocycles. The minimum atomic E-state index is -4.56. The fourth-order valence-electron chi connectivity index (χ4n) is 4.67. The van der Waals surface area contributed by atoms with Crippen LogP contribution in [-0.4, -0.2) is 16.1 Å². The van der Waals surface area contributed by atoms with Crippen molar-refractivity contribution >= 4 is 22.6 Å². The zero-order chi connectivity index (χ0) is 27.6. The van der Waals surface area contributed by atoms with E-state index in [0.29, 0.717) is 22.9 Å². The van der Waals surface area contributed by atoms with Gasteiger partial charge in [0.2, 0.25) is 0 Å². The van der Waals surface area contributed by atoms with E-state index in [0.717, 1.165) is 28.8 Å². The summed E-state index contributed by atoms with van der Waals surface area (Å²) in [7, 11) is 0. The minimum absolute atomic E-state index is 0.127. The van der Waals surface area contributed by atoms with Gasteiger partial charge in [-0.3, -0.25) is 4.98 Å².